The molecule has 0 saturated carbocycles. The number of amides is 12. The zero-order valence-electron chi connectivity index (χ0n) is 60.9. The molecule has 3 aliphatic heterocycles. The van der Waals surface area contributed by atoms with Crippen LogP contribution in [0, 0.1) is 11.8 Å². The summed E-state index contributed by atoms with van der Waals surface area (Å²) in [5.74, 6) is -13.2. The number of benzene rings is 2. The minimum atomic E-state index is -1.95. The van der Waals surface area contributed by atoms with Crippen molar-refractivity contribution >= 4 is 129 Å². The second-order valence-electron chi connectivity index (χ2n) is 27.7. The largest absolute Gasteiger partial charge is 0.481 e. The number of nitrogens with zero attached hydrogens (tertiary/aromatic N) is 4. The van der Waals surface area contributed by atoms with Crippen LogP contribution in [0.3, 0.4) is 0 Å². The predicted molar refractivity (Wildman–Crippen MR) is 394 cm³/mol. The summed E-state index contributed by atoms with van der Waals surface area (Å²) in [6.07, 6.45) is -0.0391. The summed E-state index contributed by atoms with van der Waals surface area (Å²) in [6.45, 7) is 10.5. The van der Waals surface area contributed by atoms with Gasteiger partial charge in [-0.15, -0.1) is 0 Å². The first-order valence-corrected chi connectivity index (χ1v) is 37.4. The average molecular weight is 1520 g/mol. The Morgan fingerprint density at radius 3 is 1.95 bits per heavy atom. The maximum absolute atomic E-state index is 15.8. The van der Waals surface area contributed by atoms with Gasteiger partial charge in [-0.2, -0.15) is 24.4 Å². The van der Waals surface area contributed by atoms with Gasteiger partial charge in [0.25, 0.3) is 0 Å². The molecule has 106 heavy (non-hydrogen) atoms. The second-order valence-corrected chi connectivity index (χ2v) is 29.3. The minimum Gasteiger partial charge on any atom is -0.481 e. The molecular formula is C71H101N15O18S2. The Hall–Kier alpha value is -9.32. The van der Waals surface area contributed by atoms with Gasteiger partial charge in [0.15, 0.2) is 0 Å². The number of ether oxygens (including phenoxy) is 1. The molecule has 35 heteroatoms. The quantitative estimate of drug-likeness (QED) is 0.0286. The van der Waals surface area contributed by atoms with Crippen LogP contribution in [-0.2, 0) is 84.7 Å². The van der Waals surface area contributed by atoms with Gasteiger partial charge in [-0.3, -0.25) is 72.0 Å². The van der Waals surface area contributed by atoms with E-state index in [1.54, 1.807) is 61.5 Å². The van der Waals surface area contributed by atoms with Gasteiger partial charge >= 0.3 is 11.9 Å². The van der Waals surface area contributed by atoms with Gasteiger partial charge in [-0.1, -0.05) is 64.1 Å². The molecule has 2 bridgehead atoms. The molecule has 0 spiro atoms. The van der Waals surface area contributed by atoms with Gasteiger partial charge in [-0.25, -0.2) is 0 Å². The van der Waals surface area contributed by atoms with Crippen LogP contribution in [0.4, 0.5) is 0 Å². The third-order valence-corrected chi connectivity index (χ3v) is 20.3. The molecule has 2 aromatic carbocycles. The molecule has 3 unspecified atom stereocenters. The number of aliphatic hydroxyl groups excluding tert-OH is 1. The normalized spacial score (nSPS) is 20.7. The van der Waals surface area contributed by atoms with Crippen molar-refractivity contribution < 1.29 is 87.2 Å². The van der Waals surface area contributed by atoms with Gasteiger partial charge in [0.05, 0.1) is 31.8 Å². The molecular weight excluding hydrogens is 1420 g/mol. The molecule has 3 saturated heterocycles. The molecule has 7 rings (SSSR count). The highest BCUT2D eigenvalue weighted by Crippen LogP contribution is 2.27. The molecule has 12 amide bonds. The molecule has 12 atom stereocenters. The predicted octanol–water partition coefficient (Wildman–Crippen LogP) is -0.737. The number of H-pyrrole nitrogens is 2. The third kappa shape index (κ3) is 23.3. The number of carbonyl (C=O) groups is 14. The van der Waals surface area contributed by atoms with Crippen LogP contribution in [-0.4, -0.2) is 271 Å². The highest BCUT2D eigenvalue weighted by Gasteiger charge is 2.45. The number of aliphatic carboxylic acids is 2. The van der Waals surface area contributed by atoms with E-state index in [0.717, 1.165) is 0 Å². The van der Waals surface area contributed by atoms with Crippen molar-refractivity contribution in [2.24, 2.45) is 11.8 Å². The summed E-state index contributed by atoms with van der Waals surface area (Å²) in [7, 11) is 1.48. The van der Waals surface area contributed by atoms with E-state index in [9.17, 15) is 72.9 Å². The molecule has 2 aromatic heterocycles. The van der Waals surface area contributed by atoms with E-state index in [2.05, 4.69) is 70.4 Å². The van der Waals surface area contributed by atoms with Gasteiger partial charge in [0, 0.05) is 124 Å². The van der Waals surface area contributed by atoms with Crippen molar-refractivity contribution in [3.63, 3.8) is 0 Å². The Bertz CT molecular complexity index is 3810. The Morgan fingerprint density at radius 2 is 1.32 bits per heavy atom. The van der Waals surface area contributed by atoms with Crippen LogP contribution in [0.25, 0.3) is 21.8 Å². The molecule has 5 heterocycles. The second kappa shape index (κ2) is 39.9. The number of rotatable bonds is 30. The topological polar surface area (TPSA) is 462 Å². The number of para-hydroxylation sites is 2. The third-order valence-electron chi connectivity index (χ3n) is 18.8. The molecule has 0 aliphatic carbocycles. The lowest BCUT2D eigenvalue weighted by Gasteiger charge is -2.40. The van der Waals surface area contributed by atoms with Crippen molar-refractivity contribution in [3.8, 4) is 0 Å². The Balaban J connectivity index is 1.18. The van der Waals surface area contributed by atoms with Crippen LogP contribution in [0.15, 0.2) is 60.9 Å². The maximum Gasteiger partial charge on any atom is 0.305 e. The highest BCUT2D eigenvalue weighted by atomic mass is 32.2. The fourth-order valence-electron chi connectivity index (χ4n) is 13.2. The number of fused-ring (bicyclic) bond motifs is 5. The SMILES string of the molecule is COCN1CCN2C[C@H](C1)N(C(=O)CNC(=O)[C@H](CC(=O)O)NC(=O)C(NC(=O)[C@H](Cc1c[nH]c3ccccc13)NC(=O)[C@H](C)NC(=O)[C@H](CCC(=O)O)NC(=O)C(NC(=O)CCS)[C@@H](C)O)C(C)C)[C@@H](Cc1c[nH]c3ccccc13)C(=O)NC(C(C)C)C(=O)N1CCC[C@H]1C(=O)N[C@H](C)CSCCC2=O. The number of carboxylic acids is 2. The van der Waals surface area contributed by atoms with Gasteiger partial charge in [-0.05, 0) is 80.9 Å². The van der Waals surface area contributed by atoms with Crippen LogP contribution in [0.5, 0.6) is 0 Å². The van der Waals surface area contributed by atoms with E-state index in [1.807, 2.05) is 30.0 Å². The summed E-state index contributed by atoms with van der Waals surface area (Å²) in [6, 6.07) is -0.520. The number of hydrogen-bond acceptors (Lipinski definition) is 19. The monoisotopic (exact) mass is 1520 g/mol. The Morgan fingerprint density at radius 1 is 0.689 bits per heavy atom. The van der Waals surface area contributed by atoms with Crippen molar-refractivity contribution in [2.75, 3.05) is 70.4 Å². The number of carboxylic acid groups (broad SMARTS) is 2. The number of aromatic amines is 2. The van der Waals surface area contributed by atoms with Crippen LogP contribution in [0.1, 0.15) is 105 Å². The Labute approximate surface area is 623 Å². The molecule has 4 aromatic rings. The lowest BCUT2D eigenvalue weighted by molar-refractivity contribution is -0.148. The van der Waals surface area contributed by atoms with E-state index < -0.39 is 175 Å². The summed E-state index contributed by atoms with van der Waals surface area (Å²) >= 11 is 5.46. The first-order valence-electron chi connectivity index (χ1n) is 35.6. The molecule has 33 nitrogen and oxygen atoms in total. The molecule has 3 aliphatic rings. The number of hydrogen-bond donors (Lipinski definition) is 15. The number of thioether (sulfide) groups is 1. The number of carbonyl (C=O) groups excluding carboxylic acids is 12. The number of thiol groups is 1. The van der Waals surface area contributed by atoms with Gasteiger partial charge in [0.2, 0.25) is 70.9 Å². The summed E-state index contributed by atoms with van der Waals surface area (Å²) in [5, 5.41) is 54.9. The minimum absolute atomic E-state index is 0.0184. The summed E-state index contributed by atoms with van der Waals surface area (Å²) in [4.78, 5) is 210. The lowest BCUT2D eigenvalue weighted by Crippen LogP contribution is -2.64. The van der Waals surface area contributed by atoms with Gasteiger partial charge in [0.1, 0.15) is 54.4 Å². The molecule has 14 N–H and O–H groups in total. The first-order chi connectivity index (χ1) is 50.4. The van der Waals surface area contributed by atoms with Crippen molar-refractivity contribution in [3.05, 3.63) is 72.1 Å². The van der Waals surface area contributed by atoms with Crippen LogP contribution < -0.4 is 47.9 Å². The van der Waals surface area contributed by atoms with E-state index in [4.69, 9.17) is 4.74 Å². The average Bonchev–Trinajstić information content (AvgIpc) is 1.46. The smallest absolute Gasteiger partial charge is 0.305 e. The van der Waals surface area contributed by atoms with Gasteiger partial charge < -0.3 is 92.6 Å². The van der Waals surface area contributed by atoms with Crippen LogP contribution in [0.2, 0.25) is 0 Å². The number of methoxy groups -OCH3 is 1. The molecule has 0 radical (unpaired) electrons. The standard InChI is InChI=1S/C71H101N15O18S2/c1-38(2)60(81-66(98)51(28-43-31-72-48-16-11-9-14-46(43)48)78-63(95)41(6)76-65(97)50(19-20-58(91)92)77-70(102)62(42(7)87)80-55(88)21-26-105)69(101)79-52(30-59(93)94)64(96)74-33-57(90)86-45-34-83(37-104-8)24-25-84(35-45)56(89)22-27-106-36-40(5)75-67(99)53-18-13-23-85(53)71(103)61(39(3)4)82-68(100)54(86)29-44-32-73-49-17-12-10-15-47(44)49/h9-12,14-17,31-32,38-42,45,50-54,60-62,72-73,87,105H,13,18-30,33-37H2,1-8H3,(H,74,96)(H,75,99)(H,76,97)(H,77,102)(H,78,95)(H,79,101)(H,80,88)(H,81,98)(H,82,100)(H,91,92)(H,93,94)/t40-,41+,42-,45+,50+,51+,52+,53+,54+,60?,61?,62?/m1/s1. The van der Waals surface area contributed by atoms with Crippen molar-refractivity contribution in [1.82, 2.24) is 77.4 Å². The van der Waals surface area contributed by atoms with Crippen molar-refractivity contribution in [1.29, 1.82) is 0 Å². The summed E-state index contributed by atoms with van der Waals surface area (Å²) < 4.78 is 5.62. The number of aromatic nitrogens is 2. The number of aliphatic hydroxyl groups is 1. The molecule has 580 valence electrons. The maximum atomic E-state index is 15.8. The fraction of sp³-hybridized carbons (Fsp3) is 0.577. The zero-order valence-corrected chi connectivity index (χ0v) is 62.6. The zero-order chi connectivity index (χ0) is 77.6. The number of nitrogens with one attached hydrogen (secondary N) is 11. The van der Waals surface area contributed by atoms with E-state index in [-0.39, 0.29) is 88.7 Å². The van der Waals surface area contributed by atoms with Crippen molar-refractivity contribution in [2.45, 2.75) is 179 Å². The highest BCUT2D eigenvalue weighted by molar-refractivity contribution is 7.99. The van der Waals surface area contributed by atoms with E-state index in [0.29, 0.717) is 57.3 Å². The Kier molecular flexibility index (Phi) is 31.6. The van der Waals surface area contributed by atoms with E-state index in [1.165, 1.54) is 56.4 Å². The summed E-state index contributed by atoms with van der Waals surface area (Å²) in [5.41, 5.74) is 2.43. The first kappa shape index (κ1) is 83.9. The fourth-order valence-corrected chi connectivity index (χ4v) is 14.3. The van der Waals surface area contributed by atoms with Crippen LogP contribution >= 0.6 is 24.4 Å². The van der Waals surface area contributed by atoms with E-state index >= 15 is 9.59 Å². The molecule has 3 fully saturated rings. The lowest BCUT2D eigenvalue weighted by atomic mass is 9.97.